The van der Waals surface area contributed by atoms with Crippen LogP contribution in [0.2, 0.25) is 0 Å². The Morgan fingerprint density at radius 2 is 2.39 bits per heavy atom. The van der Waals surface area contributed by atoms with Crippen LogP contribution in [-0.2, 0) is 0 Å². The molecule has 1 aromatic heterocycles. The first-order chi connectivity index (χ1) is 8.78. The Hall–Kier alpha value is -0.0300. The maximum atomic E-state index is 9.67. The Kier molecular flexibility index (Phi) is 5.55. The second-order valence-electron chi connectivity index (χ2n) is 5.09. The van der Waals surface area contributed by atoms with Gasteiger partial charge in [-0.15, -0.1) is 23.1 Å². The lowest BCUT2D eigenvalue weighted by atomic mass is 9.91. The molecule has 1 heterocycles. The number of aliphatic hydroxyl groups is 1. The van der Waals surface area contributed by atoms with Crippen molar-refractivity contribution < 1.29 is 5.11 Å². The van der Waals surface area contributed by atoms with E-state index in [2.05, 4.69) is 29.8 Å². The zero-order chi connectivity index (χ0) is 12.8. The van der Waals surface area contributed by atoms with Crippen LogP contribution in [0.5, 0.6) is 0 Å². The third-order valence-electron chi connectivity index (χ3n) is 3.61. The van der Waals surface area contributed by atoms with Gasteiger partial charge in [0, 0.05) is 11.6 Å². The summed E-state index contributed by atoms with van der Waals surface area (Å²) in [5.74, 6) is 1.15. The van der Waals surface area contributed by atoms with Crippen molar-refractivity contribution in [1.29, 1.82) is 0 Å². The Morgan fingerprint density at radius 1 is 1.56 bits per heavy atom. The number of hydrogen-bond donors (Lipinski definition) is 2. The minimum absolute atomic E-state index is 0.0306. The van der Waals surface area contributed by atoms with Crippen LogP contribution in [0.25, 0.3) is 0 Å². The van der Waals surface area contributed by atoms with E-state index in [0.29, 0.717) is 6.04 Å². The van der Waals surface area contributed by atoms with E-state index >= 15 is 0 Å². The minimum Gasteiger partial charge on any atom is -0.394 e. The molecule has 18 heavy (non-hydrogen) atoms. The molecule has 0 radical (unpaired) electrons. The topological polar surface area (TPSA) is 32.3 Å². The van der Waals surface area contributed by atoms with E-state index in [1.165, 1.54) is 17.1 Å². The Labute approximate surface area is 118 Å². The molecular formula is C14H23NOS2. The zero-order valence-electron chi connectivity index (χ0n) is 11.0. The monoisotopic (exact) mass is 285 g/mol. The molecule has 2 rings (SSSR count). The van der Waals surface area contributed by atoms with Crippen molar-refractivity contribution in [3.63, 3.8) is 0 Å². The Balaban J connectivity index is 1.71. The number of aliphatic hydroxyl groups excluding tert-OH is 1. The molecule has 1 unspecified atom stereocenters. The molecular weight excluding hydrogens is 262 g/mol. The van der Waals surface area contributed by atoms with E-state index in [0.717, 1.165) is 25.0 Å². The van der Waals surface area contributed by atoms with Crippen LogP contribution >= 0.6 is 23.1 Å². The van der Waals surface area contributed by atoms with Gasteiger partial charge in [0.1, 0.15) is 0 Å². The van der Waals surface area contributed by atoms with E-state index in [1.54, 1.807) is 0 Å². The van der Waals surface area contributed by atoms with E-state index in [4.69, 9.17) is 0 Å². The van der Waals surface area contributed by atoms with E-state index < -0.39 is 0 Å². The molecule has 1 aromatic rings. The third kappa shape index (κ3) is 4.26. The van der Waals surface area contributed by atoms with Gasteiger partial charge in [0.05, 0.1) is 10.8 Å². The van der Waals surface area contributed by atoms with Crippen LogP contribution in [0, 0.1) is 0 Å². The predicted octanol–water partition coefficient (Wildman–Crippen LogP) is 3.51. The first kappa shape index (κ1) is 14.4. The van der Waals surface area contributed by atoms with Gasteiger partial charge in [-0.3, -0.25) is 0 Å². The third-order valence-corrected chi connectivity index (χ3v) is 5.82. The lowest BCUT2D eigenvalue weighted by Crippen LogP contribution is -2.49. The van der Waals surface area contributed by atoms with Gasteiger partial charge in [0.25, 0.3) is 0 Å². The lowest BCUT2D eigenvalue weighted by Gasteiger charge is -2.32. The van der Waals surface area contributed by atoms with Crippen molar-refractivity contribution in [2.75, 3.05) is 12.4 Å². The summed E-state index contributed by atoms with van der Waals surface area (Å²) in [4.78, 5) is 0. The molecule has 1 fully saturated rings. The van der Waals surface area contributed by atoms with Crippen LogP contribution in [0.1, 0.15) is 39.0 Å². The number of thioether (sulfide) groups is 1. The van der Waals surface area contributed by atoms with Gasteiger partial charge in [0.2, 0.25) is 0 Å². The van der Waals surface area contributed by atoms with Crippen LogP contribution in [-0.4, -0.2) is 29.0 Å². The lowest BCUT2D eigenvalue weighted by molar-refractivity contribution is 0.144. The normalized spacial score (nSPS) is 18.8. The van der Waals surface area contributed by atoms with Gasteiger partial charge in [-0.25, -0.2) is 0 Å². The van der Waals surface area contributed by atoms with Gasteiger partial charge in [-0.05, 0) is 49.3 Å². The summed E-state index contributed by atoms with van der Waals surface area (Å²) >= 11 is 3.74. The fraction of sp³-hybridized carbons (Fsp3) is 0.714. The highest BCUT2D eigenvalue weighted by molar-refractivity contribution is 8.01. The molecule has 0 spiro atoms. The largest absolute Gasteiger partial charge is 0.394 e. The van der Waals surface area contributed by atoms with Crippen molar-refractivity contribution in [3.05, 3.63) is 17.5 Å². The predicted molar refractivity (Wildman–Crippen MR) is 80.5 cm³/mol. The Bertz CT molecular complexity index is 332. The SMILES string of the molecule is CCC(CO)(CCCSc1cccs1)NC1CC1. The maximum absolute atomic E-state index is 9.67. The van der Waals surface area contributed by atoms with Crippen LogP contribution in [0.15, 0.2) is 21.7 Å². The summed E-state index contributed by atoms with van der Waals surface area (Å²) in [5.41, 5.74) is -0.0306. The van der Waals surface area contributed by atoms with Crippen molar-refractivity contribution in [2.45, 2.75) is 54.8 Å². The average molecular weight is 285 g/mol. The van der Waals surface area contributed by atoms with E-state index in [9.17, 15) is 5.11 Å². The van der Waals surface area contributed by atoms with Crippen LogP contribution in [0.3, 0.4) is 0 Å². The molecule has 0 aromatic carbocycles. The van der Waals surface area contributed by atoms with Gasteiger partial charge in [0.15, 0.2) is 0 Å². The summed E-state index contributed by atoms with van der Waals surface area (Å²) in [6.07, 6.45) is 5.83. The smallest absolute Gasteiger partial charge is 0.0613 e. The van der Waals surface area contributed by atoms with Crippen molar-refractivity contribution in [1.82, 2.24) is 5.32 Å². The minimum atomic E-state index is -0.0306. The summed E-state index contributed by atoms with van der Waals surface area (Å²) in [6, 6.07) is 4.95. The number of nitrogens with one attached hydrogen (secondary N) is 1. The molecule has 0 saturated heterocycles. The molecule has 102 valence electrons. The summed E-state index contributed by atoms with van der Waals surface area (Å²) in [6.45, 7) is 2.45. The fourth-order valence-electron chi connectivity index (χ4n) is 2.18. The first-order valence-corrected chi connectivity index (χ1v) is 8.69. The van der Waals surface area contributed by atoms with Crippen LogP contribution < -0.4 is 5.32 Å². The number of hydrogen-bond acceptors (Lipinski definition) is 4. The molecule has 1 aliphatic carbocycles. The second-order valence-corrected chi connectivity index (χ2v) is 7.44. The maximum Gasteiger partial charge on any atom is 0.0613 e. The number of rotatable bonds is 9. The van der Waals surface area contributed by atoms with E-state index in [1.807, 2.05) is 23.1 Å². The number of thiophene rings is 1. The van der Waals surface area contributed by atoms with E-state index in [-0.39, 0.29) is 12.1 Å². The molecule has 0 bridgehead atoms. The zero-order valence-corrected chi connectivity index (χ0v) is 12.7. The van der Waals surface area contributed by atoms with Gasteiger partial charge in [-0.1, -0.05) is 13.0 Å². The quantitative estimate of drug-likeness (QED) is 0.538. The Morgan fingerprint density at radius 3 is 2.94 bits per heavy atom. The molecule has 1 atom stereocenters. The van der Waals surface area contributed by atoms with Gasteiger partial charge in [-0.2, -0.15) is 0 Å². The van der Waals surface area contributed by atoms with Crippen LogP contribution in [0.4, 0.5) is 0 Å². The molecule has 1 saturated carbocycles. The molecule has 0 aliphatic heterocycles. The second kappa shape index (κ2) is 6.94. The standard InChI is InChI=1S/C14H23NOS2/c1-2-14(11-16,15-12-6-7-12)8-4-10-18-13-5-3-9-17-13/h3,5,9,12,15-16H,2,4,6-8,10-11H2,1H3. The van der Waals surface area contributed by atoms with Crippen molar-refractivity contribution in [3.8, 4) is 0 Å². The summed E-state index contributed by atoms with van der Waals surface area (Å²) in [5, 5.41) is 15.4. The van der Waals surface area contributed by atoms with Gasteiger partial charge >= 0.3 is 0 Å². The van der Waals surface area contributed by atoms with Gasteiger partial charge < -0.3 is 10.4 Å². The highest BCUT2D eigenvalue weighted by atomic mass is 32.2. The highest BCUT2D eigenvalue weighted by Crippen LogP contribution is 2.29. The van der Waals surface area contributed by atoms with Crippen molar-refractivity contribution in [2.24, 2.45) is 0 Å². The summed E-state index contributed by atoms with van der Waals surface area (Å²) < 4.78 is 1.40. The molecule has 2 N–H and O–H groups in total. The summed E-state index contributed by atoms with van der Waals surface area (Å²) in [7, 11) is 0. The fourth-order valence-corrected chi connectivity index (χ4v) is 3.98. The average Bonchev–Trinajstić information content (AvgIpc) is 3.05. The highest BCUT2D eigenvalue weighted by Gasteiger charge is 2.33. The molecule has 4 heteroatoms. The first-order valence-electron chi connectivity index (χ1n) is 6.83. The molecule has 1 aliphatic rings. The molecule has 2 nitrogen and oxygen atoms in total. The molecule has 0 amide bonds. The van der Waals surface area contributed by atoms with Crippen molar-refractivity contribution >= 4 is 23.1 Å².